The second-order valence-corrected chi connectivity index (χ2v) is 7.62. The summed E-state index contributed by atoms with van der Waals surface area (Å²) in [5, 5.41) is 0. The third-order valence-electron chi connectivity index (χ3n) is 5.68. The minimum atomic E-state index is -0.267. The molecule has 0 aliphatic carbocycles. The number of piperidine rings is 1. The van der Waals surface area contributed by atoms with Gasteiger partial charge in [0.2, 0.25) is 0 Å². The van der Waals surface area contributed by atoms with E-state index in [0.29, 0.717) is 32.9 Å². The second-order valence-electron chi connectivity index (χ2n) is 7.62. The monoisotopic (exact) mass is 345 g/mol. The van der Waals surface area contributed by atoms with E-state index in [0.717, 1.165) is 32.5 Å². The molecule has 3 fully saturated rings. The fourth-order valence-electron chi connectivity index (χ4n) is 4.41. The standard InChI is InChI=1S/C19H27N3O3/c23-18(22-7-9-24-10-8-22)17-11-19(15-25-17)4-2-6-21(14-19)13-16-3-1-5-20-12-16/h1,3,5,12,17H,2,4,6-11,13-15H2/t17-,19+/m1/s1. The lowest BCUT2D eigenvalue weighted by Crippen LogP contribution is -2.46. The maximum Gasteiger partial charge on any atom is 0.251 e. The van der Waals surface area contributed by atoms with Gasteiger partial charge in [0.15, 0.2) is 0 Å². The van der Waals surface area contributed by atoms with Crippen LogP contribution in [0.3, 0.4) is 0 Å². The lowest BCUT2D eigenvalue weighted by Gasteiger charge is -2.39. The number of morpholine rings is 1. The van der Waals surface area contributed by atoms with Crippen molar-refractivity contribution in [3.8, 4) is 0 Å². The van der Waals surface area contributed by atoms with Crippen LogP contribution in [-0.2, 0) is 20.8 Å². The summed E-state index contributed by atoms with van der Waals surface area (Å²) in [5.41, 5.74) is 1.38. The van der Waals surface area contributed by atoms with Gasteiger partial charge in [-0.3, -0.25) is 14.7 Å². The maximum atomic E-state index is 12.7. The molecule has 3 saturated heterocycles. The number of pyridine rings is 1. The highest BCUT2D eigenvalue weighted by Crippen LogP contribution is 2.41. The highest BCUT2D eigenvalue weighted by atomic mass is 16.5. The Hall–Kier alpha value is -1.50. The highest BCUT2D eigenvalue weighted by molar-refractivity contribution is 5.81. The first-order valence-electron chi connectivity index (χ1n) is 9.34. The van der Waals surface area contributed by atoms with Crippen LogP contribution in [0.5, 0.6) is 0 Å². The number of rotatable bonds is 3. The first kappa shape index (κ1) is 16.9. The summed E-state index contributed by atoms with van der Waals surface area (Å²) in [6, 6.07) is 4.12. The van der Waals surface area contributed by atoms with Gasteiger partial charge in [-0.05, 0) is 37.4 Å². The molecule has 0 N–H and O–H groups in total. The van der Waals surface area contributed by atoms with Crippen molar-refractivity contribution in [3.05, 3.63) is 30.1 Å². The van der Waals surface area contributed by atoms with Crippen molar-refractivity contribution >= 4 is 5.91 Å². The lowest BCUT2D eigenvalue weighted by atomic mass is 9.78. The number of likely N-dealkylation sites (tertiary alicyclic amines) is 1. The van der Waals surface area contributed by atoms with Crippen LogP contribution in [0.2, 0.25) is 0 Å². The first-order valence-corrected chi connectivity index (χ1v) is 9.34. The Morgan fingerprint density at radius 2 is 2.20 bits per heavy atom. The quantitative estimate of drug-likeness (QED) is 0.827. The molecule has 2 atom stereocenters. The van der Waals surface area contributed by atoms with Gasteiger partial charge in [0.05, 0.1) is 19.8 Å². The summed E-state index contributed by atoms with van der Waals surface area (Å²) in [4.78, 5) is 21.3. The van der Waals surface area contributed by atoms with Crippen LogP contribution in [0.1, 0.15) is 24.8 Å². The molecule has 0 aromatic carbocycles. The van der Waals surface area contributed by atoms with Gasteiger partial charge in [0, 0.05) is 44.0 Å². The van der Waals surface area contributed by atoms with Gasteiger partial charge in [-0.25, -0.2) is 0 Å². The van der Waals surface area contributed by atoms with E-state index in [1.165, 1.54) is 12.0 Å². The molecule has 3 aliphatic rings. The van der Waals surface area contributed by atoms with Crippen LogP contribution in [0, 0.1) is 5.41 Å². The third kappa shape index (κ3) is 3.86. The summed E-state index contributed by atoms with van der Waals surface area (Å²) in [7, 11) is 0. The molecule has 1 aromatic heterocycles. The van der Waals surface area contributed by atoms with Crippen LogP contribution in [0.15, 0.2) is 24.5 Å². The smallest absolute Gasteiger partial charge is 0.251 e. The largest absolute Gasteiger partial charge is 0.378 e. The Morgan fingerprint density at radius 3 is 3.00 bits per heavy atom. The van der Waals surface area contributed by atoms with E-state index in [4.69, 9.17) is 9.47 Å². The molecule has 0 saturated carbocycles. The summed E-state index contributed by atoms with van der Waals surface area (Å²) in [5.74, 6) is 0.157. The fraction of sp³-hybridized carbons (Fsp3) is 0.684. The molecule has 6 heteroatoms. The summed E-state index contributed by atoms with van der Waals surface area (Å²) in [6.45, 7) is 6.42. The normalized spacial score (nSPS) is 30.7. The Bertz CT molecular complexity index is 591. The zero-order chi connectivity index (χ0) is 17.1. The zero-order valence-corrected chi connectivity index (χ0v) is 14.7. The molecule has 0 unspecified atom stereocenters. The summed E-state index contributed by atoms with van der Waals surface area (Å²) in [6.07, 6.45) is 6.67. The van der Waals surface area contributed by atoms with E-state index >= 15 is 0 Å². The molecule has 1 aromatic rings. The number of hydrogen-bond acceptors (Lipinski definition) is 5. The van der Waals surface area contributed by atoms with Crippen LogP contribution in [0.25, 0.3) is 0 Å². The van der Waals surface area contributed by atoms with E-state index in [9.17, 15) is 4.79 Å². The number of ether oxygens (including phenoxy) is 2. The van der Waals surface area contributed by atoms with Crippen molar-refractivity contribution in [2.45, 2.75) is 31.9 Å². The molecule has 1 spiro atoms. The molecular formula is C19H27N3O3. The summed E-state index contributed by atoms with van der Waals surface area (Å²) < 4.78 is 11.3. The molecule has 136 valence electrons. The van der Waals surface area contributed by atoms with Crippen molar-refractivity contribution in [2.75, 3.05) is 46.0 Å². The van der Waals surface area contributed by atoms with E-state index in [-0.39, 0.29) is 17.4 Å². The number of amides is 1. The Morgan fingerprint density at radius 1 is 1.32 bits per heavy atom. The Kier molecular flexibility index (Phi) is 5.01. The predicted octanol–water partition coefficient (Wildman–Crippen LogP) is 1.31. The second kappa shape index (κ2) is 7.40. The van der Waals surface area contributed by atoms with Gasteiger partial charge < -0.3 is 14.4 Å². The van der Waals surface area contributed by atoms with Crippen molar-refractivity contribution in [3.63, 3.8) is 0 Å². The van der Waals surface area contributed by atoms with Gasteiger partial charge in [0.1, 0.15) is 6.10 Å². The number of aromatic nitrogens is 1. The molecular weight excluding hydrogens is 318 g/mol. The molecule has 4 heterocycles. The maximum absolute atomic E-state index is 12.7. The number of nitrogens with zero attached hydrogens (tertiary/aromatic N) is 3. The van der Waals surface area contributed by atoms with Crippen LogP contribution < -0.4 is 0 Å². The highest BCUT2D eigenvalue weighted by Gasteiger charge is 2.46. The molecule has 0 bridgehead atoms. The average Bonchev–Trinajstić information content (AvgIpc) is 3.06. The van der Waals surface area contributed by atoms with Crippen molar-refractivity contribution in [1.82, 2.24) is 14.8 Å². The van der Waals surface area contributed by atoms with Gasteiger partial charge in [0.25, 0.3) is 5.91 Å². The molecule has 0 radical (unpaired) electrons. The van der Waals surface area contributed by atoms with Crippen molar-refractivity contribution in [1.29, 1.82) is 0 Å². The molecule has 4 rings (SSSR count). The number of hydrogen-bond donors (Lipinski definition) is 0. The fourth-order valence-corrected chi connectivity index (χ4v) is 4.41. The molecule has 25 heavy (non-hydrogen) atoms. The predicted molar refractivity (Wildman–Crippen MR) is 92.9 cm³/mol. The molecule has 6 nitrogen and oxygen atoms in total. The third-order valence-corrected chi connectivity index (χ3v) is 5.68. The van der Waals surface area contributed by atoms with Gasteiger partial charge >= 0.3 is 0 Å². The molecule has 1 amide bonds. The summed E-state index contributed by atoms with van der Waals surface area (Å²) >= 11 is 0. The van der Waals surface area contributed by atoms with Crippen LogP contribution in [-0.4, -0.2) is 72.8 Å². The van der Waals surface area contributed by atoms with Crippen molar-refractivity contribution < 1.29 is 14.3 Å². The van der Waals surface area contributed by atoms with Crippen LogP contribution in [0.4, 0.5) is 0 Å². The van der Waals surface area contributed by atoms with E-state index in [2.05, 4.69) is 16.0 Å². The Balaban J connectivity index is 1.36. The number of carbonyl (C=O) groups excluding carboxylic acids is 1. The van der Waals surface area contributed by atoms with Gasteiger partial charge in [-0.2, -0.15) is 0 Å². The molecule has 3 aliphatic heterocycles. The Labute approximate surface area is 149 Å². The SMILES string of the molecule is O=C([C@H]1C[C@]2(CCCN(Cc3cccnc3)C2)CO1)N1CCOCC1. The van der Waals surface area contributed by atoms with Gasteiger partial charge in [-0.15, -0.1) is 0 Å². The van der Waals surface area contributed by atoms with Crippen molar-refractivity contribution in [2.24, 2.45) is 5.41 Å². The van der Waals surface area contributed by atoms with E-state index in [1.54, 1.807) is 0 Å². The minimum Gasteiger partial charge on any atom is -0.378 e. The first-order chi connectivity index (χ1) is 12.2. The average molecular weight is 345 g/mol. The number of carbonyl (C=O) groups is 1. The van der Waals surface area contributed by atoms with E-state index < -0.39 is 0 Å². The minimum absolute atomic E-state index is 0.132. The topological polar surface area (TPSA) is 54.9 Å². The zero-order valence-electron chi connectivity index (χ0n) is 14.7. The van der Waals surface area contributed by atoms with E-state index in [1.807, 2.05) is 23.4 Å². The lowest BCUT2D eigenvalue weighted by molar-refractivity contribution is -0.144. The van der Waals surface area contributed by atoms with Crippen LogP contribution >= 0.6 is 0 Å². The van der Waals surface area contributed by atoms with Gasteiger partial charge in [-0.1, -0.05) is 6.07 Å².